The normalized spacial score (nSPS) is 22.2. The molecule has 1 fully saturated rings. The van der Waals surface area contributed by atoms with Crippen LogP contribution >= 0.6 is 0 Å². The molecular weight excluding hydrogens is 476 g/mol. The number of benzene rings is 2. The van der Waals surface area contributed by atoms with E-state index in [0.29, 0.717) is 41.1 Å². The van der Waals surface area contributed by atoms with Gasteiger partial charge in [0.2, 0.25) is 5.95 Å². The number of ether oxygens (including phenoxy) is 2. The van der Waals surface area contributed by atoms with Crippen molar-refractivity contribution in [3.8, 4) is 22.6 Å². The van der Waals surface area contributed by atoms with Gasteiger partial charge in [0.05, 0.1) is 0 Å². The first-order chi connectivity index (χ1) is 17.3. The van der Waals surface area contributed by atoms with E-state index >= 15 is 4.39 Å². The fourth-order valence-electron chi connectivity index (χ4n) is 5.18. The molecule has 36 heavy (non-hydrogen) atoms. The first kappa shape index (κ1) is 22.6. The van der Waals surface area contributed by atoms with Gasteiger partial charge in [-0.05, 0) is 35.9 Å². The van der Waals surface area contributed by atoms with Crippen LogP contribution in [-0.2, 0) is 10.3 Å². The Balaban J connectivity index is 1.51. The zero-order valence-electron chi connectivity index (χ0n) is 19.1. The number of hydrogen-bond donors (Lipinski definition) is 1. The molecule has 4 heterocycles. The van der Waals surface area contributed by atoms with E-state index in [2.05, 4.69) is 9.98 Å². The smallest absolute Gasteiger partial charge is 0.283 e. The highest BCUT2D eigenvalue weighted by atomic mass is 19.3. The van der Waals surface area contributed by atoms with E-state index < -0.39 is 23.3 Å². The van der Waals surface area contributed by atoms with E-state index in [0.717, 1.165) is 0 Å². The summed E-state index contributed by atoms with van der Waals surface area (Å²) in [6, 6.07) is 11.2. The summed E-state index contributed by atoms with van der Waals surface area (Å²) in [6.45, 7) is 0.479. The van der Waals surface area contributed by atoms with Crippen LogP contribution < -0.4 is 15.4 Å². The highest BCUT2D eigenvalue weighted by Crippen LogP contribution is 2.54. The summed E-state index contributed by atoms with van der Waals surface area (Å²) in [5.74, 6) is -3.69. The number of aliphatic imine (C=N–C) groups is 1. The number of alkyl halides is 2. The number of nitrogens with two attached hydrogens (primary N) is 1. The topological polar surface area (TPSA) is 73.0 Å². The van der Waals surface area contributed by atoms with Gasteiger partial charge < -0.3 is 20.1 Å². The van der Waals surface area contributed by atoms with E-state index in [-0.39, 0.29) is 43.3 Å². The monoisotopic (exact) mass is 498 g/mol. The Kier molecular flexibility index (Phi) is 5.10. The Morgan fingerprint density at radius 2 is 1.78 bits per heavy atom. The Morgan fingerprint density at radius 3 is 2.53 bits per heavy atom. The maximum Gasteiger partial charge on any atom is 0.283 e. The molecule has 10 heteroatoms. The number of pyridine rings is 1. The summed E-state index contributed by atoms with van der Waals surface area (Å²) in [7, 11) is 0. The highest BCUT2D eigenvalue weighted by molar-refractivity contribution is 5.76. The van der Waals surface area contributed by atoms with Gasteiger partial charge >= 0.3 is 0 Å². The van der Waals surface area contributed by atoms with Crippen molar-refractivity contribution in [3.63, 3.8) is 0 Å². The third-order valence-corrected chi connectivity index (χ3v) is 7.03. The number of nitrogens with zero attached hydrogens (tertiary/aromatic N) is 3. The number of anilines is 1. The molecule has 2 aromatic carbocycles. The molecule has 2 N–H and O–H groups in total. The van der Waals surface area contributed by atoms with Gasteiger partial charge in [-0.25, -0.2) is 23.1 Å². The minimum atomic E-state index is -2.73. The lowest BCUT2D eigenvalue weighted by atomic mass is 9.78. The van der Waals surface area contributed by atoms with Crippen LogP contribution in [0.25, 0.3) is 11.1 Å². The Labute approximate surface area is 204 Å². The lowest BCUT2D eigenvalue weighted by Crippen LogP contribution is -2.43. The van der Waals surface area contributed by atoms with Crippen LogP contribution in [0.2, 0.25) is 0 Å². The molecule has 0 aliphatic carbocycles. The van der Waals surface area contributed by atoms with Crippen LogP contribution in [-0.4, -0.2) is 36.6 Å². The number of halogens is 4. The molecule has 1 atom stereocenters. The third-order valence-electron chi connectivity index (χ3n) is 7.03. The summed E-state index contributed by atoms with van der Waals surface area (Å²) in [5, 5.41) is 0. The van der Waals surface area contributed by atoms with E-state index in [1.165, 1.54) is 12.3 Å². The van der Waals surface area contributed by atoms with Crippen LogP contribution in [0.3, 0.4) is 0 Å². The van der Waals surface area contributed by atoms with E-state index in [4.69, 9.17) is 15.2 Å². The van der Waals surface area contributed by atoms with Gasteiger partial charge in [0.1, 0.15) is 5.75 Å². The minimum absolute atomic E-state index is 0.0244. The summed E-state index contributed by atoms with van der Waals surface area (Å²) < 4.78 is 69.6. The average molecular weight is 498 g/mol. The predicted molar refractivity (Wildman–Crippen MR) is 125 cm³/mol. The SMILES string of the molecule is NC1=NCC[C@]2(O1)c1cc(-c3cccnc3F)ccc1Oc1c(F)cc(N3CCC(F)(F)CC3)cc12. The average Bonchev–Trinajstić information content (AvgIpc) is 2.85. The largest absolute Gasteiger partial charge is 0.453 e. The van der Waals surface area contributed by atoms with Crippen molar-refractivity contribution in [1.29, 1.82) is 0 Å². The fraction of sp³-hybridized carbons (Fsp3) is 0.308. The molecule has 0 amide bonds. The molecule has 1 saturated heterocycles. The van der Waals surface area contributed by atoms with Crippen molar-refractivity contribution in [1.82, 2.24) is 4.98 Å². The molecule has 3 aromatic rings. The van der Waals surface area contributed by atoms with Gasteiger partial charge in [-0.15, -0.1) is 0 Å². The predicted octanol–water partition coefficient (Wildman–Crippen LogP) is 5.35. The van der Waals surface area contributed by atoms with Crippen molar-refractivity contribution < 1.29 is 27.0 Å². The molecule has 0 unspecified atom stereocenters. The number of piperidine rings is 1. The molecule has 0 saturated carbocycles. The van der Waals surface area contributed by atoms with Gasteiger partial charge in [-0.2, -0.15) is 4.39 Å². The second kappa shape index (κ2) is 8.11. The lowest BCUT2D eigenvalue weighted by molar-refractivity contribution is -0.0220. The van der Waals surface area contributed by atoms with Crippen LogP contribution in [0, 0.1) is 11.8 Å². The van der Waals surface area contributed by atoms with Crippen molar-refractivity contribution in [2.24, 2.45) is 10.7 Å². The molecule has 186 valence electrons. The maximum absolute atomic E-state index is 15.5. The van der Waals surface area contributed by atoms with Crippen LogP contribution in [0.1, 0.15) is 30.4 Å². The number of rotatable bonds is 2. The van der Waals surface area contributed by atoms with E-state index in [1.807, 2.05) is 0 Å². The zero-order chi connectivity index (χ0) is 25.1. The Bertz CT molecular complexity index is 1390. The zero-order valence-corrected chi connectivity index (χ0v) is 19.1. The maximum atomic E-state index is 15.5. The fourth-order valence-corrected chi connectivity index (χ4v) is 5.18. The molecule has 0 bridgehead atoms. The molecular formula is C26H22F4N4O2. The molecule has 1 spiro atoms. The van der Waals surface area contributed by atoms with Gasteiger partial charge in [-0.1, -0.05) is 6.07 Å². The van der Waals surface area contributed by atoms with Crippen molar-refractivity contribution in [2.75, 3.05) is 24.5 Å². The number of aromatic nitrogens is 1. The standard InChI is InChI=1S/C26H22F4N4O2/c27-20-14-16(34-10-6-25(29,30)7-11-34)13-19-22(20)35-21-4-3-15(17-2-1-8-32-23(17)28)12-18(21)26(19)5-9-33-24(31)36-26/h1-4,8,12-14H,5-7,9-11H2,(H2,31,33)/t26-/m0/s1. The number of hydrogen-bond acceptors (Lipinski definition) is 6. The summed E-state index contributed by atoms with van der Waals surface area (Å²) in [5.41, 5.74) is 6.93. The highest BCUT2D eigenvalue weighted by Gasteiger charge is 2.48. The van der Waals surface area contributed by atoms with Gasteiger partial charge in [0.15, 0.2) is 17.2 Å². The summed E-state index contributed by atoms with van der Waals surface area (Å²) in [6.07, 6.45) is 1.05. The number of amidine groups is 1. The van der Waals surface area contributed by atoms with Gasteiger partial charge in [0, 0.05) is 73.5 Å². The second-order valence-electron chi connectivity index (χ2n) is 9.20. The quantitative estimate of drug-likeness (QED) is 0.381. The first-order valence-corrected chi connectivity index (χ1v) is 11.6. The number of fused-ring (bicyclic) bond motifs is 4. The summed E-state index contributed by atoms with van der Waals surface area (Å²) in [4.78, 5) is 9.60. The van der Waals surface area contributed by atoms with Crippen LogP contribution in [0.4, 0.5) is 23.2 Å². The third kappa shape index (κ3) is 3.63. The van der Waals surface area contributed by atoms with Gasteiger partial charge in [-0.3, -0.25) is 0 Å². The second-order valence-corrected chi connectivity index (χ2v) is 9.20. The molecule has 6 nitrogen and oxygen atoms in total. The minimum Gasteiger partial charge on any atom is -0.453 e. The van der Waals surface area contributed by atoms with Gasteiger partial charge in [0.25, 0.3) is 11.9 Å². The van der Waals surface area contributed by atoms with Crippen molar-refractivity contribution in [2.45, 2.75) is 30.8 Å². The first-order valence-electron chi connectivity index (χ1n) is 11.6. The Hall–Kier alpha value is -3.82. The van der Waals surface area contributed by atoms with Crippen LogP contribution in [0.15, 0.2) is 53.7 Å². The summed E-state index contributed by atoms with van der Waals surface area (Å²) >= 11 is 0. The Morgan fingerprint density at radius 1 is 0.972 bits per heavy atom. The molecule has 0 radical (unpaired) electrons. The lowest BCUT2D eigenvalue weighted by Gasteiger charge is -2.42. The van der Waals surface area contributed by atoms with Crippen LogP contribution in [0.5, 0.6) is 11.5 Å². The molecule has 6 rings (SSSR count). The molecule has 3 aliphatic heterocycles. The molecule has 3 aliphatic rings. The van der Waals surface area contributed by atoms with E-state index in [9.17, 15) is 13.2 Å². The van der Waals surface area contributed by atoms with E-state index in [1.54, 1.807) is 41.3 Å². The van der Waals surface area contributed by atoms with Crippen molar-refractivity contribution in [3.05, 3.63) is 71.6 Å². The van der Waals surface area contributed by atoms with Crippen molar-refractivity contribution >= 4 is 11.7 Å². The molecule has 1 aromatic heterocycles.